The van der Waals surface area contributed by atoms with Crippen LogP contribution in [0.3, 0.4) is 0 Å². The summed E-state index contributed by atoms with van der Waals surface area (Å²) in [6, 6.07) is 0.709. The van der Waals surface area contributed by atoms with Gasteiger partial charge in [0.2, 0.25) is 0 Å². The standard InChI is InChI=1S/C14H21N3/c1-2-7-13-10(4-1)8-9-14-15-11-5-3-6-12(11)16-17(13)14/h10,13-14H,1-9H2. The van der Waals surface area contributed by atoms with Gasteiger partial charge in [0.25, 0.3) is 0 Å². The molecule has 2 saturated carbocycles. The molecule has 0 radical (unpaired) electrons. The van der Waals surface area contributed by atoms with E-state index in [0.29, 0.717) is 12.2 Å². The number of aliphatic imine (C=N–C) groups is 1. The molecule has 2 aliphatic heterocycles. The molecule has 2 heterocycles. The van der Waals surface area contributed by atoms with E-state index < -0.39 is 0 Å². The molecule has 4 aliphatic rings. The van der Waals surface area contributed by atoms with E-state index in [1.54, 1.807) is 0 Å². The molecule has 0 aromatic carbocycles. The predicted octanol–water partition coefficient (Wildman–Crippen LogP) is 2.96. The Morgan fingerprint density at radius 1 is 0.882 bits per heavy atom. The van der Waals surface area contributed by atoms with Crippen molar-refractivity contribution in [3.63, 3.8) is 0 Å². The largest absolute Gasteiger partial charge is 0.269 e. The third-order valence-electron chi connectivity index (χ3n) is 5.01. The van der Waals surface area contributed by atoms with Gasteiger partial charge in [-0.15, -0.1) is 0 Å². The highest BCUT2D eigenvalue weighted by atomic mass is 15.5. The molecular weight excluding hydrogens is 210 g/mol. The van der Waals surface area contributed by atoms with E-state index in [4.69, 9.17) is 10.1 Å². The average Bonchev–Trinajstić information content (AvgIpc) is 2.83. The lowest BCUT2D eigenvalue weighted by Gasteiger charge is -2.47. The van der Waals surface area contributed by atoms with Crippen molar-refractivity contribution in [3.05, 3.63) is 0 Å². The summed E-state index contributed by atoms with van der Waals surface area (Å²) in [5.74, 6) is 0.905. The van der Waals surface area contributed by atoms with Crippen LogP contribution < -0.4 is 0 Å². The van der Waals surface area contributed by atoms with Crippen LogP contribution in [-0.2, 0) is 0 Å². The van der Waals surface area contributed by atoms with Gasteiger partial charge in [-0.05, 0) is 50.9 Å². The Bertz CT molecular complexity index is 385. The van der Waals surface area contributed by atoms with Crippen LogP contribution >= 0.6 is 0 Å². The molecule has 1 saturated heterocycles. The summed E-state index contributed by atoms with van der Waals surface area (Å²) in [6.45, 7) is 0. The van der Waals surface area contributed by atoms with Gasteiger partial charge in [-0.3, -0.25) is 10.0 Å². The highest BCUT2D eigenvalue weighted by molar-refractivity contribution is 6.44. The van der Waals surface area contributed by atoms with Gasteiger partial charge in [0.1, 0.15) is 6.17 Å². The summed E-state index contributed by atoms with van der Waals surface area (Å²) >= 11 is 0. The Kier molecular flexibility index (Phi) is 2.27. The smallest absolute Gasteiger partial charge is 0.137 e. The number of hydrogen-bond acceptors (Lipinski definition) is 3. The lowest BCUT2D eigenvalue weighted by Crippen LogP contribution is -2.51. The van der Waals surface area contributed by atoms with Gasteiger partial charge >= 0.3 is 0 Å². The number of hydrazone groups is 1. The molecule has 3 atom stereocenters. The zero-order valence-corrected chi connectivity index (χ0v) is 10.4. The second-order valence-corrected chi connectivity index (χ2v) is 6.03. The molecule has 17 heavy (non-hydrogen) atoms. The number of piperidine rings is 1. The van der Waals surface area contributed by atoms with Gasteiger partial charge < -0.3 is 0 Å². The van der Waals surface area contributed by atoms with Crippen molar-refractivity contribution in [2.45, 2.75) is 70.0 Å². The van der Waals surface area contributed by atoms with Crippen molar-refractivity contribution in [2.75, 3.05) is 0 Å². The Morgan fingerprint density at radius 3 is 2.76 bits per heavy atom. The molecule has 3 heteroatoms. The minimum Gasteiger partial charge on any atom is -0.269 e. The van der Waals surface area contributed by atoms with Crippen molar-refractivity contribution in [3.8, 4) is 0 Å². The van der Waals surface area contributed by atoms with Crippen LogP contribution in [0.1, 0.15) is 57.8 Å². The van der Waals surface area contributed by atoms with Crippen molar-refractivity contribution in [1.82, 2.24) is 5.01 Å². The zero-order valence-electron chi connectivity index (χ0n) is 10.4. The van der Waals surface area contributed by atoms with Gasteiger partial charge in [-0.25, -0.2) is 0 Å². The normalized spacial score (nSPS) is 40.0. The van der Waals surface area contributed by atoms with Crippen molar-refractivity contribution < 1.29 is 0 Å². The van der Waals surface area contributed by atoms with Crippen LogP contribution in [0, 0.1) is 5.92 Å². The fourth-order valence-corrected chi connectivity index (χ4v) is 4.13. The molecule has 0 aromatic heterocycles. The first-order chi connectivity index (χ1) is 8.42. The number of nitrogens with zero attached hydrogens (tertiary/aromatic N) is 3. The maximum atomic E-state index is 4.97. The van der Waals surface area contributed by atoms with E-state index in [9.17, 15) is 0 Å². The summed E-state index contributed by atoms with van der Waals surface area (Å²) in [5.41, 5.74) is 2.65. The first-order valence-corrected chi connectivity index (χ1v) is 7.35. The van der Waals surface area contributed by atoms with Crippen LogP contribution in [0.4, 0.5) is 0 Å². The summed E-state index contributed by atoms with van der Waals surface area (Å²) in [6.07, 6.45) is 12.2. The summed E-state index contributed by atoms with van der Waals surface area (Å²) in [4.78, 5) is 4.97. The first-order valence-electron chi connectivity index (χ1n) is 7.35. The monoisotopic (exact) mass is 231 g/mol. The zero-order chi connectivity index (χ0) is 11.2. The maximum absolute atomic E-state index is 4.97. The molecule has 0 spiro atoms. The highest BCUT2D eigenvalue weighted by Gasteiger charge is 2.40. The van der Waals surface area contributed by atoms with E-state index >= 15 is 0 Å². The number of rotatable bonds is 0. The summed E-state index contributed by atoms with van der Waals surface area (Å²) < 4.78 is 0. The topological polar surface area (TPSA) is 28.0 Å². The summed E-state index contributed by atoms with van der Waals surface area (Å²) in [5, 5.41) is 7.37. The second kappa shape index (κ2) is 3.82. The van der Waals surface area contributed by atoms with E-state index in [-0.39, 0.29) is 0 Å². The Labute approximate surface area is 103 Å². The molecule has 4 rings (SSSR count). The molecular formula is C14H21N3. The van der Waals surface area contributed by atoms with E-state index in [1.165, 1.54) is 69.2 Å². The predicted molar refractivity (Wildman–Crippen MR) is 69.3 cm³/mol. The lowest BCUT2D eigenvalue weighted by atomic mass is 9.78. The van der Waals surface area contributed by atoms with E-state index in [0.717, 1.165) is 5.92 Å². The molecule has 0 N–H and O–H groups in total. The summed E-state index contributed by atoms with van der Waals surface area (Å²) in [7, 11) is 0. The van der Waals surface area contributed by atoms with Crippen LogP contribution in [0.5, 0.6) is 0 Å². The van der Waals surface area contributed by atoms with Gasteiger partial charge in [0.05, 0.1) is 17.5 Å². The van der Waals surface area contributed by atoms with Gasteiger partial charge in [0.15, 0.2) is 0 Å². The Balaban J connectivity index is 1.65. The average molecular weight is 231 g/mol. The van der Waals surface area contributed by atoms with Gasteiger partial charge in [-0.1, -0.05) is 12.8 Å². The highest BCUT2D eigenvalue weighted by Crippen LogP contribution is 2.40. The van der Waals surface area contributed by atoms with Crippen molar-refractivity contribution >= 4 is 11.4 Å². The molecule has 3 nitrogen and oxygen atoms in total. The molecule has 2 aliphatic carbocycles. The van der Waals surface area contributed by atoms with Crippen molar-refractivity contribution in [2.24, 2.45) is 16.0 Å². The minimum absolute atomic E-state index is 0.395. The SMILES string of the molecule is C1CC2=NC3CCC4CCCCC4N3N=C2C1. The van der Waals surface area contributed by atoms with Crippen LogP contribution in [0.2, 0.25) is 0 Å². The minimum atomic E-state index is 0.395. The molecule has 0 aromatic rings. The van der Waals surface area contributed by atoms with Crippen LogP contribution in [0.25, 0.3) is 0 Å². The number of fused-ring (bicyclic) bond motifs is 4. The molecule has 0 amide bonds. The first kappa shape index (κ1) is 10.1. The third-order valence-corrected chi connectivity index (χ3v) is 5.01. The molecule has 3 unspecified atom stereocenters. The third kappa shape index (κ3) is 1.54. The Hall–Kier alpha value is -0.860. The molecule has 3 fully saturated rings. The molecule has 0 bridgehead atoms. The molecule has 92 valence electrons. The van der Waals surface area contributed by atoms with Crippen LogP contribution in [0.15, 0.2) is 10.1 Å². The number of hydrogen-bond donors (Lipinski definition) is 0. The van der Waals surface area contributed by atoms with E-state index in [1.807, 2.05) is 0 Å². The van der Waals surface area contributed by atoms with Crippen molar-refractivity contribution in [1.29, 1.82) is 0 Å². The van der Waals surface area contributed by atoms with Gasteiger partial charge in [0, 0.05) is 0 Å². The van der Waals surface area contributed by atoms with E-state index in [2.05, 4.69) is 5.01 Å². The fourth-order valence-electron chi connectivity index (χ4n) is 4.13. The maximum Gasteiger partial charge on any atom is 0.137 e. The fraction of sp³-hybridized carbons (Fsp3) is 0.857. The quantitative estimate of drug-likeness (QED) is 0.630. The lowest BCUT2D eigenvalue weighted by molar-refractivity contribution is 0.0191. The second-order valence-electron chi connectivity index (χ2n) is 6.03. The Morgan fingerprint density at radius 2 is 1.76 bits per heavy atom. The van der Waals surface area contributed by atoms with Crippen LogP contribution in [-0.4, -0.2) is 28.6 Å². The van der Waals surface area contributed by atoms with Gasteiger partial charge in [-0.2, -0.15) is 5.10 Å².